The zero-order valence-corrected chi connectivity index (χ0v) is 19.6. The number of alkyl halides is 3. The number of fused-ring (bicyclic) bond motifs is 1. The molecule has 5 nitrogen and oxygen atoms in total. The van der Waals surface area contributed by atoms with Crippen molar-refractivity contribution in [1.29, 1.82) is 0 Å². The van der Waals surface area contributed by atoms with Crippen molar-refractivity contribution < 1.29 is 26.7 Å². The van der Waals surface area contributed by atoms with E-state index in [1.165, 1.54) is 37.6 Å². The Morgan fingerprint density at radius 1 is 0.919 bits per heavy atom. The van der Waals surface area contributed by atoms with E-state index in [4.69, 9.17) is 4.74 Å². The number of hydrogen-bond donors (Lipinski definition) is 0. The minimum absolute atomic E-state index is 0.0482. The number of nitrogens with zero attached hydrogens (tertiary/aromatic N) is 4. The largest absolute Gasteiger partial charge is 0.497 e. The van der Waals surface area contributed by atoms with Crippen LogP contribution in [0, 0.1) is 18.6 Å². The quantitative estimate of drug-likeness (QED) is 0.245. The first-order valence-corrected chi connectivity index (χ1v) is 11.1. The predicted molar refractivity (Wildman–Crippen MR) is 127 cm³/mol. The van der Waals surface area contributed by atoms with E-state index in [0.717, 1.165) is 23.3 Å². The number of benzene rings is 3. The summed E-state index contributed by atoms with van der Waals surface area (Å²) in [5.41, 5.74) is 2.11. The van der Waals surface area contributed by atoms with E-state index in [2.05, 4.69) is 15.1 Å². The maximum Gasteiger partial charge on any atom is 0.417 e. The number of aromatic nitrogens is 4. The Hall–Kier alpha value is -4.34. The number of ether oxygens (including phenoxy) is 1. The minimum atomic E-state index is -4.54. The van der Waals surface area contributed by atoms with Gasteiger partial charge < -0.3 is 4.74 Å². The molecule has 0 aromatic heterocycles. The zero-order valence-electron chi connectivity index (χ0n) is 19.6. The first-order chi connectivity index (χ1) is 17.6. The standard InChI is InChI=1S/C27H19F5N4O/c1-15-10-16(19-9-8-18(37-2)11-21(19)27(30,31)32)6-7-17(15)13-36-14-24-23(12-33-36)34-26(35-24)20-4-3-5-22(28)25(20)29/h3-12,14H,13H2,1-2H3. The number of methoxy groups -OCH3 is 1. The molecule has 2 aliphatic rings. The van der Waals surface area contributed by atoms with Crippen molar-refractivity contribution in [2.75, 3.05) is 7.11 Å². The van der Waals surface area contributed by atoms with Crippen LogP contribution in [0.5, 0.6) is 5.75 Å². The molecule has 0 fully saturated rings. The molecule has 0 aliphatic carbocycles. The molecule has 5 rings (SSSR count). The van der Waals surface area contributed by atoms with Gasteiger partial charge in [-0.05, 0) is 53.4 Å². The second-order valence-electron chi connectivity index (χ2n) is 8.44. The molecule has 0 unspecified atom stereocenters. The Morgan fingerprint density at radius 2 is 1.70 bits per heavy atom. The lowest BCUT2D eigenvalue weighted by atomic mass is 9.95. The lowest BCUT2D eigenvalue weighted by Crippen LogP contribution is -2.08. The SMILES string of the molecule is COc1ccc(-c2ccc(Cn3cc4nc(-c5cccc(F)c5F)nc-4cn3)c(C)c2)c(C(F)(F)F)c1. The molecule has 0 atom stereocenters. The Balaban J connectivity index is 1.44. The molecule has 0 radical (unpaired) electrons. The molecule has 10 heteroatoms. The minimum Gasteiger partial charge on any atom is -0.497 e. The first-order valence-electron chi connectivity index (χ1n) is 11.1. The van der Waals surface area contributed by atoms with Crippen molar-refractivity contribution in [2.24, 2.45) is 0 Å². The summed E-state index contributed by atoms with van der Waals surface area (Å²) in [6, 6.07) is 12.7. The summed E-state index contributed by atoms with van der Waals surface area (Å²) in [4.78, 5) is 8.56. The van der Waals surface area contributed by atoms with Gasteiger partial charge in [0.15, 0.2) is 17.5 Å². The van der Waals surface area contributed by atoms with E-state index in [9.17, 15) is 22.0 Å². The van der Waals surface area contributed by atoms with E-state index in [1.807, 2.05) is 6.92 Å². The summed E-state index contributed by atoms with van der Waals surface area (Å²) < 4.78 is 75.4. The molecule has 0 spiro atoms. The summed E-state index contributed by atoms with van der Waals surface area (Å²) >= 11 is 0. The molecule has 0 saturated heterocycles. The maximum atomic E-state index is 14.2. The molecule has 0 bridgehead atoms. The topological polar surface area (TPSA) is 52.8 Å². The van der Waals surface area contributed by atoms with Crippen LogP contribution in [0.1, 0.15) is 16.7 Å². The van der Waals surface area contributed by atoms with Crippen LogP contribution in [0.3, 0.4) is 0 Å². The number of imidazole rings is 1. The van der Waals surface area contributed by atoms with E-state index in [0.29, 0.717) is 23.5 Å². The Labute approximate surface area is 208 Å². The third-order valence-corrected chi connectivity index (χ3v) is 6.03. The fraction of sp³-hybridized carbons (Fsp3) is 0.148. The summed E-state index contributed by atoms with van der Waals surface area (Å²) in [7, 11) is 1.32. The molecule has 37 heavy (non-hydrogen) atoms. The molecule has 0 amide bonds. The fourth-order valence-corrected chi connectivity index (χ4v) is 4.10. The van der Waals surface area contributed by atoms with Crippen molar-refractivity contribution in [3.8, 4) is 39.7 Å². The van der Waals surface area contributed by atoms with Crippen molar-refractivity contribution in [3.05, 3.63) is 95.3 Å². The van der Waals surface area contributed by atoms with Crippen LogP contribution in [0.15, 0.2) is 67.0 Å². The van der Waals surface area contributed by atoms with Gasteiger partial charge in [0, 0.05) is 0 Å². The third kappa shape index (κ3) is 4.74. The summed E-state index contributed by atoms with van der Waals surface area (Å²) in [5.74, 6) is -1.84. The Morgan fingerprint density at radius 3 is 2.43 bits per heavy atom. The molecule has 2 aliphatic heterocycles. The van der Waals surface area contributed by atoms with Crippen LogP contribution in [-0.2, 0) is 12.7 Å². The summed E-state index contributed by atoms with van der Waals surface area (Å²) in [6.07, 6.45) is -1.44. The van der Waals surface area contributed by atoms with Gasteiger partial charge in [-0.1, -0.05) is 30.3 Å². The summed E-state index contributed by atoms with van der Waals surface area (Å²) in [5, 5.41) is 4.32. The van der Waals surface area contributed by atoms with Gasteiger partial charge in [0.25, 0.3) is 0 Å². The van der Waals surface area contributed by atoms with E-state index in [1.54, 1.807) is 29.1 Å². The Bertz CT molecular complexity index is 1580. The lowest BCUT2D eigenvalue weighted by Gasteiger charge is -2.16. The lowest BCUT2D eigenvalue weighted by molar-refractivity contribution is -0.137. The predicted octanol–water partition coefficient (Wildman–Crippen LogP) is 6.77. The first kappa shape index (κ1) is 24.4. The Kier molecular flexibility index (Phi) is 6.10. The zero-order chi connectivity index (χ0) is 26.3. The van der Waals surface area contributed by atoms with Crippen molar-refractivity contribution >= 4 is 0 Å². The van der Waals surface area contributed by atoms with Crippen LogP contribution in [0.4, 0.5) is 22.0 Å². The van der Waals surface area contributed by atoms with Crippen LogP contribution in [-0.4, -0.2) is 26.9 Å². The van der Waals surface area contributed by atoms with E-state index < -0.39 is 23.4 Å². The molecular formula is C27H19F5N4O. The highest BCUT2D eigenvalue weighted by Gasteiger charge is 2.34. The van der Waals surface area contributed by atoms with Crippen LogP contribution < -0.4 is 4.74 Å². The number of hydrogen-bond acceptors (Lipinski definition) is 4. The van der Waals surface area contributed by atoms with Gasteiger partial charge in [0.2, 0.25) is 0 Å². The molecular weight excluding hydrogens is 491 g/mol. The molecule has 3 aromatic carbocycles. The normalized spacial score (nSPS) is 11.8. The van der Waals surface area contributed by atoms with E-state index >= 15 is 0 Å². The van der Waals surface area contributed by atoms with E-state index in [-0.39, 0.29) is 22.7 Å². The average Bonchev–Trinajstić information content (AvgIpc) is 3.29. The number of aryl methyl sites for hydroxylation is 1. The van der Waals surface area contributed by atoms with Crippen molar-refractivity contribution in [1.82, 2.24) is 19.7 Å². The number of rotatable bonds is 5. The van der Waals surface area contributed by atoms with Gasteiger partial charge in [-0.25, -0.2) is 18.7 Å². The number of halogens is 5. The van der Waals surface area contributed by atoms with Crippen molar-refractivity contribution in [3.63, 3.8) is 0 Å². The van der Waals surface area contributed by atoms with Gasteiger partial charge in [0.05, 0.1) is 37.2 Å². The highest BCUT2D eigenvalue weighted by atomic mass is 19.4. The molecule has 3 aromatic rings. The van der Waals surface area contributed by atoms with Gasteiger partial charge in [-0.3, -0.25) is 4.68 Å². The van der Waals surface area contributed by atoms with Gasteiger partial charge in [-0.2, -0.15) is 18.3 Å². The highest BCUT2D eigenvalue weighted by molar-refractivity contribution is 5.70. The van der Waals surface area contributed by atoms with Gasteiger partial charge in [-0.15, -0.1) is 0 Å². The highest BCUT2D eigenvalue weighted by Crippen LogP contribution is 2.39. The molecule has 2 heterocycles. The van der Waals surface area contributed by atoms with Gasteiger partial charge >= 0.3 is 6.18 Å². The smallest absolute Gasteiger partial charge is 0.417 e. The molecule has 0 N–H and O–H groups in total. The molecule has 0 saturated carbocycles. The second-order valence-corrected chi connectivity index (χ2v) is 8.44. The monoisotopic (exact) mass is 510 g/mol. The van der Waals surface area contributed by atoms with Crippen molar-refractivity contribution in [2.45, 2.75) is 19.6 Å². The summed E-state index contributed by atoms with van der Waals surface area (Å²) in [6.45, 7) is 2.12. The van der Waals surface area contributed by atoms with Crippen LogP contribution in [0.25, 0.3) is 33.9 Å². The molecule has 188 valence electrons. The third-order valence-electron chi connectivity index (χ3n) is 6.03. The second kappa shape index (κ2) is 9.27. The van der Waals surface area contributed by atoms with Crippen LogP contribution >= 0.6 is 0 Å². The van der Waals surface area contributed by atoms with Gasteiger partial charge in [0.1, 0.15) is 17.1 Å². The maximum absolute atomic E-state index is 14.2. The van der Waals surface area contributed by atoms with Crippen LogP contribution in [0.2, 0.25) is 0 Å². The fourth-order valence-electron chi connectivity index (χ4n) is 4.10. The average molecular weight is 510 g/mol.